The first kappa shape index (κ1) is 14.8. The van der Waals surface area contributed by atoms with Gasteiger partial charge in [-0.25, -0.2) is 4.90 Å². The Hall–Kier alpha value is -2.76. The molecule has 0 unspecified atom stereocenters. The van der Waals surface area contributed by atoms with Crippen molar-refractivity contribution in [3.8, 4) is 0 Å². The Morgan fingerprint density at radius 3 is 2.08 bits per heavy atom. The van der Waals surface area contributed by atoms with E-state index in [0.717, 1.165) is 16.0 Å². The lowest BCUT2D eigenvalue weighted by atomic mass is 9.85. The Morgan fingerprint density at radius 1 is 1.04 bits per heavy atom. The molecule has 122 valence electrons. The maximum Gasteiger partial charge on any atom is 0.293 e. The summed E-state index contributed by atoms with van der Waals surface area (Å²) >= 11 is 0. The number of amides is 2. The number of para-hydroxylation sites is 2. The van der Waals surface area contributed by atoms with E-state index in [1.54, 1.807) is 6.07 Å². The number of carbonyl (C=O) groups is 2. The molecule has 3 aliphatic rings. The molecule has 24 heavy (non-hydrogen) atoms. The molecule has 0 N–H and O–H groups in total. The summed E-state index contributed by atoms with van der Waals surface area (Å²) in [6, 6.07) is 5.91. The van der Waals surface area contributed by atoms with Crippen LogP contribution in [0.1, 0.15) is 13.8 Å². The van der Waals surface area contributed by atoms with Gasteiger partial charge in [0.25, 0.3) is 5.69 Å². The van der Waals surface area contributed by atoms with Crippen molar-refractivity contribution in [2.24, 2.45) is 23.7 Å². The zero-order valence-electron chi connectivity index (χ0n) is 13.3. The maximum absolute atomic E-state index is 13.0. The third kappa shape index (κ3) is 1.71. The van der Waals surface area contributed by atoms with Gasteiger partial charge in [-0.3, -0.25) is 19.7 Å². The van der Waals surface area contributed by atoms with Gasteiger partial charge in [-0.15, -0.1) is 0 Å². The summed E-state index contributed by atoms with van der Waals surface area (Å²) < 4.78 is 0. The zero-order valence-corrected chi connectivity index (χ0v) is 13.3. The highest BCUT2D eigenvalue weighted by Crippen LogP contribution is 2.57. The molecule has 2 bridgehead atoms. The standard InChI is InChI=1S/C18H16N2O4/c1-9(2)14-10-7-8-11(14)16-15(10)17(21)19(18(16)22)12-5-3-4-6-13(12)20(23)24/h3-8,10-11,15-16H,1-2H3/t10-,11-,15-,16-/m0/s1. The predicted molar refractivity (Wildman–Crippen MR) is 87.1 cm³/mol. The molecule has 1 saturated carbocycles. The van der Waals surface area contributed by atoms with Crippen molar-refractivity contribution in [1.29, 1.82) is 0 Å². The molecule has 0 radical (unpaired) electrons. The Kier molecular flexibility index (Phi) is 3.00. The van der Waals surface area contributed by atoms with Crippen LogP contribution >= 0.6 is 0 Å². The summed E-state index contributed by atoms with van der Waals surface area (Å²) in [7, 11) is 0. The molecule has 1 aromatic carbocycles. The van der Waals surface area contributed by atoms with Gasteiger partial charge in [-0.1, -0.05) is 35.4 Å². The van der Waals surface area contributed by atoms with Gasteiger partial charge in [0.1, 0.15) is 5.69 Å². The van der Waals surface area contributed by atoms with E-state index in [0.29, 0.717) is 0 Å². The number of fused-ring (bicyclic) bond motifs is 5. The van der Waals surface area contributed by atoms with Crippen LogP contribution in [0.3, 0.4) is 0 Å². The molecular formula is C18H16N2O4. The van der Waals surface area contributed by atoms with Crippen molar-refractivity contribution < 1.29 is 14.5 Å². The molecule has 1 aliphatic heterocycles. The summed E-state index contributed by atoms with van der Waals surface area (Å²) in [5.41, 5.74) is 2.16. The second-order valence-electron chi connectivity index (χ2n) is 6.70. The van der Waals surface area contributed by atoms with Gasteiger partial charge in [-0.05, 0) is 19.9 Å². The fourth-order valence-corrected chi connectivity index (χ4v) is 4.47. The van der Waals surface area contributed by atoms with Crippen LogP contribution in [0.15, 0.2) is 47.6 Å². The van der Waals surface area contributed by atoms with Gasteiger partial charge in [0, 0.05) is 17.9 Å². The van der Waals surface area contributed by atoms with Gasteiger partial charge < -0.3 is 0 Å². The summed E-state index contributed by atoms with van der Waals surface area (Å²) in [5, 5.41) is 11.3. The van der Waals surface area contributed by atoms with Crippen molar-refractivity contribution in [3.63, 3.8) is 0 Å². The molecule has 2 aliphatic carbocycles. The van der Waals surface area contributed by atoms with Crippen LogP contribution in [-0.2, 0) is 9.59 Å². The number of imide groups is 1. The van der Waals surface area contributed by atoms with E-state index in [1.807, 2.05) is 26.0 Å². The predicted octanol–water partition coefficient (Wildman–Crippen LogP) is 2.85. The van der Waals surface area contributed by atoms with E-state index < -0.39 is 16.8 Å². The first-order valence-corrected chi connectivity index (χ1v) is 7.90. The van der Waals surface area contributed by atoms with E-state index >= 15 is 0 Å². The number of nitro groups is 1. The zero-order chi connectivity index (χ0) is 17.2. The highest BCUT2D eigenvalue weighted by Gasteiger charge is 2.62. The lowest BCUT2D eigenvalue weighted by Crippen LogP contribution is -2.33. The van der Waals surface area contributed by atoms with Crippen LogP contribution < -0.4 is 4.90 Å². The van der Waals surface area contributed by atoms with Gasteiger partial charge >= 0.3 is 0 Å². The maximum atomic E-state index is 13.0. The van der Waals surface area contributed by atoms with Crippen molar-refractivity contribution >= 4 is 23.2 Å². The summed E-state index contributed by atoms with van der Waals surface area (Å²) in [4.78, 5) is 37.6. The number of allylic oxidation sites excluding steroid dienone is 4. The average molecular weight is 324 g/mol. The van der Waals surface area contributed by atoms with Crippen LogP contribution in [0.2, 0.25) is 0 Å². The minimum atomic E-state index is -0.557. The Balaban J connectivity index is 1.81. The smallest absolute Gasteiger partial charge is 0.274 e. The molecule has 2 fully saturated rings. The number of rotatable bonds is 2. The first-order chi connectivity index (χ1) is 11.4. The van der Waals surface area contributed by atoms with E-state index in [1.165, 1.54) is 18.2 Å². The third-order valence-corrected chi connectivity index (χ3v) is 5.31. The third-order valence-electron chi connectivity index (χ3n) is 5.31. The van der Waals surface area contributed by atoms with E-state index in [-0.39, 0.29) is 35.0 Å². The summed E-state index contributed by atoms with van der Waals surface area (Å²) in [6.07, 6.45) is 4.00. The van der Waals surface area contributed by atoms with E-state index in [4.69, 9.17) is 0 Å². The number of nitro benzene ring substituents is 1. The lowest BCUT2D eigenvalue weighted by Gasteiger charge is -2.19. The largest absolute Gasteiger partial charge is 0.293 e. The quantitative estimate of drug-likeness (QED) is 0.362. The minimum Gasteiger partial charge on any atom is -0.274 e. The van der Waals surface area contributed by atoms with Crippen LogP contribution in [-0.4, -0.2) is 16.7 Å². The monoisotopic (exact) mass is 324 g/mol. The number of benzene rings is 1. The second-order valence-corrected chi connectivity index (χ2v) is 6.70. The number of nitrogens with zero attached hydrogens (tertiary/aromatic N) is 2. The van der Waals surface area contributed by atoms with Crippen molar-refractivity contribution in [2.45, 2.75) is 13.8 Å². The minimum absolute atomic E-state index is 0.0609. The number of carbonyl (C=O) groups excluding carboxylic acids is 2. The van der Waals surface area contributed by atoms with Crippen LogP contribution in [0.5, 0.6) is 0 Å². The Labute approximate surface area is 138 Å². The van der Waals surface area contributed by atoms with Gasteiger partial charge in [-0.2, -0.15) is 0 Å². The van der Waals surface area contributed by atoms with Crippen molar-refractivity contribution in [3.05, 3.63) is 57.7 Å². The van der Waals surface area contributed by atoms with Gasteiger partial charge in [0.2, 0.25) is 11.8 Å². The second kappa shape index (κ2) is 4.87. The SMILES string of the molecule is CC(C)=C1[C@@H]2C=C[C@@H]1[C@@H]1C(=O)N(c3ccccc3[N+](=O)[O-])C(=O)[C@H]12. The average Bonchev–Trinajstić information content (AvgIpc) is 3.17. The highest BCUT2D eigenvalue weighted by atomic mass is 16.6. The molecule has 6 nitrogen and oxygen atoms in total. The molecule has 2 amide bonds. The summed E-state index contributed by atoms with van der Waals surface area (Å²) in [6.45, 7) is 4.00. The number of hydrogen-bond donors (Lipinski definition) is 0. The van der Waals surface area contributed by atoms with E-state index in [2.05, 4.69) is 0 Å². The molecule has 0 aromatic heterocycles. The molecular weight excluding hydrogens is 308 g/mol. The molecule has 1 aromatic rings. The van der Waals surface area contributed by atoms with Crippen LogP contribution in [0.4, 0.5) is 11.4 Å². The topological polar surface area (TPSA) is 80.5 Å². The fraction of sp³-hybridized carbons (Fsp3) is 0.333. The van der Waals surface area contributed by atoms with Gasteiger partial charge in [0.15, 0.2) is 0 Å². The molecule has 4 atom stereocenters. The highest BCUT2D eigenvalue weighted by molar-refractivity contribution is 6.24. The number of anilines is 1. The summed E-state index contributed by atoms with van der Waals surface area (Å²) in [5.74, 6) is -1.64. The molecule has 4 rings (SSSR count). The normalized spacial score (nSPS) is 30.2. The Morgan fingerprint density at radius 2 is 1.58 bits per heavy atom. The van der Waals surface area contributed by atoms with Crippen LogP contribution in [0, 0.1) is 33.8 Å². The lowest BCUT2D eigenvalue weighted by molar-refractivity contribution is -0.384. The first-order valence-electron chi connectivity index (χ1n) is 7.90. The molecule has 1 heterocycles. The fourth-order valence-electron chi connectivity index (χ4n) is 4.47. The van der Waals surface area contributed by atoms with E-state index in [9.17, 15) is 19.7 Å². The van der Waals surface area contributed by atoms with Gasteiger partial charge in [0.05, 0.1) is 16.8 Å². The molecule has 0 spiro atoms. The molecule has 1 saturated heterocycles. The van der Waals surface area contributed by atoms with Crippen molar-refractivity contribution in [2.75, 3.05) is 4.90 Å². The van der Waals surface area contributed by atoms with Crippen LogP contribution in [0.25, 0.3) is 0 Å². The van der Waals surface area contributed by atoms with Crippen molar-refractivity contribution in [1.82, 2.24) is 0 Å². The molecule has 6 heteroatoms. The Bertz CT molecular complexity index is 816. The number of hydrogen-bond acceptors (Lipinski definition) is 4.